The van der Waals surface area contributed by atoms with Crippen molar-refractivity contribution in [2.75, 3.05) is 29.9 Å². The van der Waals surface area contributed by atoms with Crippen molar-refractivity contribution < 1.29 is 0 Å². The van der Waals surface area contributed by atoms with E-state index < -0.39 is 0 Å². The van der Waals surface area contributed by atoms with Crippen molar-refractivity contribution >= 4 is 40.5 Å². The molecule has 1 aliphatic rings. The number of anilines is 2. The second-order valence-corrected chi connectivity index (χ2v) is 8.86. The number of thiocarbonyl (C=S) groups is 1. The van der Waals surface area contributed by atoms with Crippen molar-refractivity contribution in [1.82, 2.24) is 5.32 Å². The maximum Gasteiger partial charge on any atom is 0.170 e. The Hall–Kier alpha value is -2.50. The van der Waals surface area contributed by atoms with Crippen LogP contribution in [0.4, 0.5) is 11.4 Å². The average molecular weight is 434 g/mol. The topological polar surface area (TPSA) is 27.3 Å². The first-order valence-electron chi connectivity index (χ1n) is 10.4. The zero-order valence-electron chi connectivity index (χ0n) is 17.0. The Morgan fingerprint density at radius 3 is 2.53 bits per heavy atom. The van der Waals surface area contributed by atoms with E-state index in [1.807, 2.05) is 17.8 Å². The maximum atomic E-state index is 5.46. The Kier molecular flexibility index (Phi) is 7.27. The zero-order chi connectivity index (χ0) is 20.6. The summed E-state index contributed by atoms with van der Waals surface area (Å²) in [6, 6.07) is 27.7. The molecule has 0 saturated heterocycles. The summed E-state index contributed by atoms with van der Waals surface area (Å²) in [5, 5.41) is 7.30. The third kappa shape index (κ3) is 5.77. The van der Waals surface area contributed by atoms with E-state index in [0.29, 0.717) is 5.11 Å². The lowest BCUT2D eigenvalue weighted by Gasteiger charge is -2.19. The van der Waals surface area contributed by atoms with Crippen molar-refractivity contribution in [3.05, 3.63) is 90.0 Å². The van der Waals surface area contributed by atoms with E-state index in [1.54, 1.807) is 0 Å². The van der Waals surface area contributed by atoms with Gasteiger partial charge >= 0.3 is 0 Å². The number of thioether (sulfide) groups is 1. The van der Waals surface area contributed by atoms with Crippen LogP contribution in [0.15, 0.2) is 83.8 Å². The number of para-hydroxylation sites is 1. The standard InChI is InChI=1S/C25H27N3S2/c29-25(26-16-6-17-28-18-15-21-7-4-5-10-24(21)28)27-22-13-11-20(12-14-22)19-30-23-8-2-1-3-9-23/h1-5,7-14H,6,15-19H2,(H2,26,27,29). The summed E-state index contributed by atoms with van der Waals surface area (Å²) in [4.78, 5) is 3.77. The highest BCUT2D eigenvalue weighted by atomic mass is 32.2. The largest absolute Gasteiger partial charge is 0.371 e. The Bertz CT molecular complexity index is 958. The lowest BCUT2D eigenvalue weighted by Crippen LogP contribution is -2.32. The van der Waals surface area contributed by atoms with Gasteiger partial charge < -0.3 is 15.5 Å². The monoisotopic (exact) mass is 433 g/mol. The van der Waals surface area contributed by atoms with Crippen LogP contribution in [0, 0.1) is 0 Å². The Labute approximate surface area is 188 Å². The SMILES string of the molecule is S=C(NCCCN1CCc2ccccc21)Nc1ccc(CSc2ccccc2)cc1. The van der Waals surface area contributed by atoms with Crippen LogP contribution >= 0.6 is 24.0 Å². The van der Waals surface area contributed by atoms with Gasteiger partial charge in [-0.25, -0.2) is 0 Å². The van der Waals surface area contributed by atoms with Gasteiger partial charge in [0.15, 0.2) is 5.11 Å². The average Bonchev–Trinajstić information content (AvgIpc) is 3.20. The van der Waals surface area contributed by atoms with Crippen molar-refractivity contribution in [1.29, 1.82) is 0 Å². The fraction of sp³-hybridized carbons (Fsp3) is 0.240. The Balaban J connectivity index is 1.15. The number of nitrogens with one attached hydrogen (secondary N) is 2. The van der Waals surface area contributed by atoms with Crippen LogP contribution in [0.3, 0.4) is 0 Å². The molecule has 0 spiro atoms. The van der Waals surface area contributed by atoms with Gasteiger partial charge in [-0.3, -0.25) is 0 Å². The lowest BCUT2D eigenvalue weighted by molar-refractivity contribution is 0.730. The highest BCUT2D eigenvalue weighted by Crippen LogP contribution is 2.27. The highest BCUT2D eigenvalue weighted by molar-refractivity contribution is 7.98. The van der Waals surface area contributed by atoms with E-state index in [0.717, 1.165) is 43.9 Å². The molecule has 154 valence electrons. The summed E-state index contributed by atoms with van der Waals surface area (Å²) in [6.45, 7) is 3.05. The van der Waals surface area contributed by atoms with Crippen molar-refractivity contribution in [2.24, 2.45) is 0 Å². The van der Waals surface area contributed by atoms with Gasteiger partial charge in [0.1, 0.15) is 0 Å². The predicted octanol–water partition coefficient (Wildman–Crippen LogP) is 5.72. The molecule has 0 aliphatic carbocycles. The fourth-order valence-electron chi connectivity index (χ4n) is 3.65. The molecule has 1 heterocycles. The van der Waals surface area contributed by atoms with Crippen LogP contribution in [0.5, 0.6) is 0 Å². The van der Waals surface area contributed by atoms with E-state index >= 15 is 0 Å². The fourth-order valence-corrected chi connectivity index (χ4v) is 4.75. The highest BCUT2D eigenvalue weighted by Gasteiger charge is 2.17. The van der Waals surface area contributed by atoms with Gasteiger partial charge in [0.25, 0.3) is 0 Å². The number of hydrogen-bond acceptors (Lipinski definition) is 3. The quantitative estimate of drug-likeness (QED) is 0.269. The first-order chi connectivity index (χ1) is 14.8. The summed E-state index contributed by atoms with van der Waals surface area (Å²) in [6.07, 6.45) is 2.22. The molecular weight excluding hydrogens is 406 g/mol. The Morgan fingerprint density at radius 2 is 1.70 bits per heavy atom. The van der Waals surface area contributed by atoms with Gasteiger partial charge in [0.2, 0.25) is 0 Å². The summed E-state index contributed by atoms with van der Waals surface area (Å²) in [5.41, 5.74) is 5.19. The van der Waals surface area contributed by atoms with Crippen LogP contribution < -0.4 is 15.5 Å². The van der Waals surface area contributed by atoms with Crippen LogP contribution in [0.1, 0.15) is 17.5 Å². The molecule has 1 aliphatic heterocycles. The summed E-state index contributed by atoms with van der Waals surface area (Å²) in [7, 11) is 0. The molecule has 4 rings (SSSR count). The van der Waals surface area contributed by atoms with Crippen molar-refractivity contribution in [2.45, 2.75) is 23.5 Å². The molecule has 0 saturated carbocycles. The molecule has 2 N–H and O–H groups in total. The Morgan fingerprint density at radius 1 is 0.933 bits per heavy atom. The smallest absolute Gasteiger partial charge is 0.170 e. The van der Waals surface area contributed by atoms with Crippen LogP contribution in [0.2, 0.25) is 0 Å². The summed E-state index contributed by atoms with van der Waals surface area (Å²) >= 11 is 7.31. The second-order valence-electron chi connectivity index (χ2n) is 7.40. The molecule has 0 bridgehead atoms. The number of rotatable bonds is 8. The van der Waals surface area contributed by atoms with Crippen LogP contribution in [-0.4, -0.2) is 24.7 Å². The zero-order valence-corrected chi connectivity index (χ0v) is 18.6. The third-order valence-electron chi connectivity index (χ3n) is 5.23. The molecule has 0 atom stereocenters. The minimum Gasteiger partial charge on any atom is -0.371 e. The number of fused-ring (bicyclic) bond motifs is 1. The van der Waals surface area contributed by atoms with Crippen molar-refractivity contribution in [3.63, 3.8) is 0 Å². The normalized spacial score (nSPS) is 12.5. The molecule has 3 aromatic carbocycles. The van der Waals surface area contributed by atoms with Gasteiger partial charge in [0.05, 0.1) is 0 Å². The molecule has 0 unspecified atom stereocenters. The molecular formula is C25H27N3S2. The van der Waals surface area contributed by atoms with Crippen LogP contribution in [0.25, 0.3) is 0 Å². The minimum absolute atomic E-state index is 0.684. The lowest BCUT2D eigenvalue weighted by atomic mass is 10.2. The first-order valence-corrected chi connectivity index (χ1v) is 11.8. The molecule has 0 radical (unpaired) electrons. The van der Waals surface area contributed by atoms with E-state index in [9.17, 15) is 0 Å². The molecule has 30 heavy (non-hydrogen) atoms. The number of benzene rings is 3. The number of nitrogens with zero attached hydrogens (tertiary/aromatic N) is 1. The minimum atomic E-state index is 0.684. The van der Waals surface area contributed by atoms with E-state index in [2.05, 4.69) is 88.3 Å². The third-order valence-corrected chi connectivity index (χ3v) is 6.56. The van der Waals surface area contributed by atoms with E-state index in [-0.39, 0.29) is 0 Å². The van der Waals surface area contributed by atoms with E-state index in [1.165, 1.54) is 21.7 Å². The maximum absolute atomic E-state index is 5.46. The van der Waals surface area contributed by atoms with Gasteiger partial charge in [-0.05, 0) is 66.5 Å². The molecule has 0 aromatic heterocycles. The van der Waals surface area contributed by atoms with Crippen LogP contribution in [-0.2, 0) is 12.2 Å². The van der Waals surface area contributed by atoms with Gasteiger partial charge in [0, 0.05) is 41.7 Å². The second kappa shape index (κ2) is 10.5. The molecule has 0 amide bonds. The van der Waals surface area contributed by atoms with E-state index in [4.69, 9.17) is 12.2 Å². The summed E-state index contributed by atoms with van der Waals surface area (Å²) < 4.78 is 0. The number of hydrogen-bond donors (Lipinski definition) is 2. The van der Waals surface area contributed by atoms with Crippen molar-refractivity contribution in [3.8, 4) is 0 Å². The summed E-state index contributed by atoms with van der Waals surface area (Å²) in [5.74, 6) is 0.965. The first kappa shape index (κ1) is 20.8. The molecule has 5 heteroatoms. The molecule has 3 aromatic rings. The van der Waals surface area contributed by atoms with Gasteiger partial charge in [-0.2, -0.15) is 0 Å². The van der Waals surface area contributed by atoms with Gasteiger partial charge in [-0.1, -0.05) is 48.5 Å². The molecule has 3 nitrogen and oxygen atoms in total. The van der Waals surface area contributed by atoms with Gasteiger partial charge in [-0.15, -0.1) is 11.8 Å². The predicted molar refractivity (Wildman–Crippen MR) is 134 cm³/mol. The molecule has 0 fully saturated rings.